The zero-order valence-corrected chi connectivity index (χ0v) is 10.5. The van der Waals surface area contributed by atoms with E-state index < -0.39 is 11.9 Å². The molecule has 1 atom stereocenters. The molecule has 98 valence electrons. The average Bonchev–Trinajstić information content (AvgIpc) is 2.39. The summed E-state index contributed by atoms with van der Waals surface area (Å²) in [5.74, 6) is -0.830. The number of nitrogens with one attached hydrogen (secondary N) is 1. The van der Waals surface area contributed by atoms with E-state index in [1.807, 2.05) is 0 Å². The fourth-order valence-corrected chi connectivity index (χ4v) is 1.73. The molecule has 0 heterocycles. The lowest BCUT2D eigenvalue weighted by Crippen LogP contribution is -2.26. The van der Waals surface area contributed by atoms with E-state index in [-0.39, 0.29) is 18.7 Å². The van der Waals surface area contributed by atoms with E-state index >= 15 is 0 Å². The second-order valence-corrected chi connectivity index (χ2v) is 3.87. The SMILES string of the molecule is CNC(=O)C(CCC(=O)O)c1ccc(OC)cc1. The summed E-state index contributed by atoms with van der Waals surface area (Å²) in [5, 5.41) is 11.2. The first kappa shape index (κ1) is 14.0. The molecule has 0 fully saturated rings. The molecule has 0 aliphatic rings. The number of hydrogen-bond donors (Lipinski definition) is 2. The van der Waals surface area contributed by atoms with Gasteiger partial charge in [0.1, 0.15) is 5.75 Å². The van der Waals surface area contributed by atoms with Crippen LogP contribution in [0.4, 0.5) is 0 Å². The van der Waals surface area contributed by atoms with Crippen molar-refractivity contribution in [1.82, 2.24) is 5.32 Å². The normalized spacial score (nSPS) is 11.7. The topological polar surface area (TPSA) is 75.6 Å². The van der Waals surface area contributed by atoms with Crippen molar-refractivity contribution in [1.29, 1.82) is 0 Å². The number of ether oxygens (including phenoxy) is 1. The van der Waals surface area contributed by atoms with Gasteiger partial charge in [-0.15, -0.1) is 0 Å². The van der Waals surface area contributed by atoms with Crippen molar-refractivity contribution in [2.24, 2.45) is 0 Å². The Bertz CT molecular complexity index is 414. The molecule has 0 bridgehead atoms. The van der Waals surface area contributed by atoms with Crippen LogP contribution in [0.1, 0.15) is 24.3 Å². The lowest BCUT2D eigenvalue weighted by molar-refractivity contribution is -0.137. The molecular weight excluding hydrogens is 234 g/mol. The van der Waals surface area contributed by atoms with Crippen LogP contribution in [-0.4, -0.2) is 31.1 Å². The molecule has 0 aromatic heterocycles. The standard InChI is InChI=1S/C13H17NO4/c1-14-13(17)11(7-8-12(15)16)9-3-5-10(18-2)6-4-9/h3-6,11H,7-8H2,1-2H3,(H,14,17)(H,15,16). The Labute approximate surface area is 106 Å². The molecular formula is C13H17NO4. The summed E-state index contributed by atoms with van der Waals surface area (Å²) in [6.07, 6.45) is 0.242. The molecule has 5 heteroatoms. The van der Waals surface area contributed by atoms with E-state index in [2.05, 4.69) is 5.32 Å². The van der Waals surface area contributed by atoms with Crippen molar-refractivity contribution < 1.29 is 19.4 Å². The molecule has 0 aliphatic heterocycles. The number of likely N-dealkylation sites (N-methyl/N-ethyl adjacent to an activating group) is 1. The van der Waals surface area contributed by atoms with E-state index in [9.17, 15) is 9.59 Å². The minimum Gasteiger partial charge on any atom is -0.497 e. The van der Waals surface area contributed by atoms with Gasteiger partial charge in [-0.3, -0.25) is 9.59 Å². The van der Waals surface area contributed by atoms with Gasteiger partial charge in [0.15, 0.2) is 0 Å². The van der Waals surface area contributed by atoms with Crippen molar-refractivity contribution >= 4 is 11.9 Å². The zero-order chi connectivity index (χ0) is 13.5. The Hall–Kier alpha value is -2.04. The molecule has 5 nitrogen and oxygen atoms in total. The van der Waals surface area contributed by atoms with Crippen LogP contribution in [0.5, 0.6) is 5.75 Å². The van der Waals surface area contributed by atoms with Crippen molar-refractivity contribution in [2.75, 3.05) is 14.2 Å². The summed E-state index contributed by atoms with van der Waals surface area (Å²) in [6.45, 7) is 0. The molecule has 0 saturated heterocycles. The van der Waals surface area contributed by atoms with E-state index in [1.165, 1.54) is 0 Å². The summed E-state index contributed by atoms with van der Waals surface area (Å²) < 4.78 is 5.04. The van der Waals surface area contributed by atoms with Gasteiger partial charge < -0.3 is 15.2 Å². The number of hydrogen-bond acceptors (Lipinski definition) is 3. The molecule has 0 aliphatic carbocycles. The van der Waals surface area contributed by atoms with Gasteiger partial charge in [-0.1, -0.05) is 12.1 Å². The predicted molar refractivity (Wildman–Crippen MR) is 66.7 cm³/mol. The molecule has 1 aromatic carbocycles. The number of carbonyl (C=O) groups is 2. The fourth-order valence-electron chi connectivity index (χ4n) is 1.73. The van der Waals surface area contributed by atoms with E-state index in [0.29, 0.717) is 5.75 Å². The lowest BCUT2D eigenvalue weighted by atomic mass is 9.93. The third-order valence-electron chi connectivity index (χ3n) is 2.73. The van der Waals surface area contributed by atoms with Crippen LogP contribution >= 0.6 is 0 Å². The number of aliphatic carboxylic acids is 1. The highest BCUT2D eigenvalue weighted by Crippen LogP contribution is 2.23. The van der Waals surface area contributed by atoms with Gasteiger partial charge in [0.2, 0.25) is 5.91 Å². The Balaban J connectivity index is 2.86. The smallest absolute Gasteiger partial charge is 0.303 e. The number of amides is 1. The van der Waals surface area contributed by atoms with E-state index in [4.69, 9.17) is 9.84 Å². The van der Waals surface area contributed by atoms with Crippen LogP contribution in [0.3, 0.4) is 0 Å². The van der Waals surface area contributed by atoms with Crippen LogP contribution in [0.2, 0.25) is 0 Å². The Morgan fingerprint density at radius 3 is 2.39 bits per heavy atom. The molecule has 2 N–H and O–H groups in total. The molecule has 0 radical (unpaired) electrons. The van der Waals surface area contributed by atoms with Gasteiger partial charge in [0.05, 0.1) is 13.0 Å². The minimum absolute atomic E-state index is 0.0376. The quantitative estimate of drug-likeness (QED) is 0.801. The largest absolute Gasteiger partial charge is 0.497 e. The average molecular weight is 251 g/mol. The number of rotatable bonds is 6. The van der Waals surface area contributed by atoms with Gasteiger partial charge in [-0.25, -0.2) is 0 Å². The predicted octanol–water partition coefficient (Wildman–Crippen LogP) is 1.39. The second-order valence-electron chi connectivity index (χ2n) is 3.87. The van der Waals surface area contributed by atoms with Gasteiger partial charge in [-0.05, 0) is 24.1 Å². The molecule has 0 saturated carbocycles. The van der Waals surface area contributed by atoms with Gasteiger partial charge in [0.25, 0.3) is 0 Å². The maximum atomic E-state index is 11.7. The third kappa shape index (κ3) is 3.76. The molecule has 0 spiro atoms. The first-order valence-corrected chi connectivity index (χ1v) is 5.65. The Morgan fingerprint density at radius 1 is 1.33 bits per heavy atom. The van der Waals surface area contributed by atoms with Crippen LogP contribution in [0.25, 0.3) is 0 Å². The molecule has 1 rings (SSSR count). The maximum Gasteiger partial charge on any atom is 0.303 e. The lowest BCUT2D eigenvalue weighted by Gasteiger charge is -2.15. The highest BCUT2D eigenvalue weighted by molar-refractivity contribution is 5.84. The molecule has 1 amide bonds. The number of methoxy groups -OCH3 is 1. The summed E-state index contributed by atoms with van der Waals surface area (Å²) in [6, 6.07) is 7.07. The minimum atomic E-state index is -0.905. The molecule has 1 aromatic rings. The van der Waals surface area contributed by atoms with Crippen LogP contribution in [-0.2, 0) is 9.59 Å². The van der Waals surface area contributed by atoms with Gasteiger partial charge >= 0.3 is 5.97 Å². The number of carbonyl (C=O) groups excluding carboxylic acids is 1. The van der Waals surface area contributed by atoms with E-state index in [1.54, 1.807) is 38.4 Å². The zero-order valence-electron chi connectivity index (χ0n) is 10.5. The number of carboxylic acids is 1. The highest BCUT2D eigenvalue weighted by Gasteiger charge is 2.20. The first-order chi connectivity index (χ1) is 8.58. The van der Waals surface area contributed by atoms with Crippen LogP contribution in [0, 0.1) is 0 Å². The van der Waals surface area contributed by atoms with Crippen molar-refractivity contribution in [3.63, 3.8) is 0 Å². The number of benzene rings is 1. The third-order valence-corrected chi connectivity index (χ3v) is 2.73. The molecule has 1 unspecified atom stereocenters. The highest BCUT2D eigenvalue weighted by atomic mass is 16.5. The summed E-state index contributed by atoms with van der Waals surface area (Å²) in [5.41, 5.74) is 0.788. The maximum absolute atomic E-state index is 11.7. The van der Waals surface area contributed by atoms with Crippen molar-refractivity contribution in [3.05, 3.63) is 29.8 Å². The summed E-state index contributed by atoms with van der Waals surface area (Å²) >= 11 is 0. The fraction of sp³-hybridized carbons (Fsp3) is 0.385. The summed E-state index contributed by atoms with van der Waals surface area (Å²) in [7, 11) is 3.11. The first-order valence-electron chi connectivity index (χ1n) is 5.65. The van der Waals surface area contributed by atoms with Crippen LogP contribution < -0.4 is 10.1 Å². The van der Waals surface area contributed by atoms with Gasteiger partial charge in [0, 0.05) is 13.5 Å². The van der Waals surface area contributed by atoms with Crippen molar-refractivity contribution in [3.8, 4) is 5.75 Å². The Morgan fingerprint density at radius 2 is 1.94 bits per heavy atom. The monoisotopic (exact) mass is 251 g/mol. The summed E-state index contributed by atoms with van der Waals surface area (Å²) in [4.78, 5) is 22.3. The van der Waals surface area contributed by atoms with Crippen molar-refractivity contribution in [2.45, 2.75) is 18.8 Å². The van der Waals surface area contributed by atoms with Gasteiger partial charge in [-0.2, -0.15) is 0 Å². The Kier molecular flexibility index (Phi) is 5.17. The molecule has 18 heavy (non-hydrogen) atoms. The second kappa shape index (κ2) is 6.64. The number of carboxylic acid groups (broad SMARTS) is 1. The van der Waals surface area contributed by atoms with E-state index in [0.717, 1.165) is 5.56 Å². The van der Waals surface area contributed by atoms with Crippen LogP contribution in [0.15, 0.2) is 24.3 Å².